The normalized spacial score (nSPS) is 19.1. The van der Waals surface area contributed by atoms with Crippen molar-refractivity contribution in [2.45, 2.75) is 61.8 Å². The van der Waals surface area contributed by atoms with Crippen molar-refractivity contribution >= 4 is 17.7 Å². The standard InChI is InChI=1S/C22H27NO2S/c1-4-22(5-2)15-19(18-13-9-10-14-20(18)25-22)23-21(24)16(3)26-17-11-7-6-8-12-17/h6-14,16,19H,4-5,15H2,1-3H3,(H,23,24). The lowest BCUT2D eigenvalue weighted by Crippen LogP contribution is -2.45. The van der Waals surface area contributed by atoms with Gasteiger partial charge in [0.05, 0.1) is 11.3 Å². The molecule has 26 heavy (non-hydrogen) atoms. The number of benzene rings is 2. The minimum Gasteiger partial charge on any atom is -0.487 e. The highest BCUT2D eigenvalue weighted by atomic mass is 32.2. The second kappa shape index (κ2) is 8.17. The molecule has 0 aromatic heterocycles. The number of amides is 1. The summed E-state index contributed by atoms with van der Waals surface area (Å²) < 4.78 is 6.33. The summed E-state index contributed by atoms with van der Waals surface area (Å²) in [6, 6.07) is 18.1. The largest absolute Gasteiger partial charge is 0.487 e. The molecule has 0 aliphatic carbocycles. The molecule has 1 aliphatic rings. The molecule has 3 rings (SSSR count). The molecule has 0 fully saturated rings. The maximum Gasteiger partial charge on any atom is 0.233 e. The Morgan fingerprint density at radius 1 is 1.15 bits per heavy atom. The van der Waals surface area contributed by atoms with Gasteiger partial charge < -0.3 is 10.1 Å². The first-order valence-electron chi connectivity index (χ1n) is 9.37. The van der Waals surface area contributed by atoms with Crippen LogP contribution in [0, 0.1) is 0 Å². The molecule has 0 spiro atoms. The van der Waals surface area contributed by atoms with Gasteiger partial charge in [-0.25, -0.2) is 0 Å². The lowest BCUT2D eigenvalue weighted by atomic mass is 9.83. The molecule has 2 aromatic carbocycles. The van der Waals surface area contributed by atoms with Crippen LogP contribution in [-0.2, 0) is 4.79 Å². The Morgan fingerprint density at radius 2 is 1.81 bits per heavy atom. The monoisotopic (exact) mass is 369 g/mol. The molecule has 0 saturated carbocycles. The van der Waals surface area contributed by atoms with Gasteiger partial charge in [0, 0.05) is 16.9 Å². The van der Waals surface area contributed by atoms with Gasteiger partial charge >= 0.3 is 0 Å². The molecular weight excluding hydrogens is 342 g/mol. The number of rotatable bonds is 6. The summed E-state index contributed by atoms with van der Waals surface area (Å²) in [5.74, 6) is 0.970. The van der Waals surface area contributed by atoms with Crippen LogP contribution in [0.5, 0.6) is 5.75 Å². The van der Waals surface area contributed by atoms with Gasteiger partial charge in [0.15, 0.2) is 0 Å². The number of nitrogens with one attached hydrogen (secondary N) is 1. The van der Waals surface area contributed by atoms with E-state index in [1.165, 1.54) is 0 Å². The molecule has 1 heterocycles. The van der Waals surface area contributed by atoms with E-state index in [-0.39, 0.29) is 22.8 Å². The molecule has 3 nitrogen and oxygen atoms in total. The Kier molecular flexibility index (Phi) is 5.92. The average molecular weight is 370 g/mol. The summed E-state index contributed by atoms with van der Waals surface area (Å²) >= 11 is 1.59. The minimum absolute atomic E-state index is 0.00817. The number of hydrogen-bond donors (Lipinski definition) is 1. The maximum absolute atomic E-state index is 12.8. The van der Waals surface area contributed by atoms with Gasteiger partial charge in [0.2, 0.25) is 5.91 Å². The van der Waals surface area contributed by atoms with Gasteiger partial charge in [-0.3, -0.25) is 4.79 Å². The predicted molar refractivity (Wildman–Crippen MR) is 108 cm³/mol. The van der Waals surface area contributed by atoms with Crippen molar-refractivity contribution in [3.8, 4) is 5.75 Å². The van der Waals surface area contributed by atoms with Crippen LogP contribution < -0.4 is 10.1 Å². The van der Waals surface area contributed by atoms with Crippen LogP contribution in [0.3, 0.4) is 0 Å². The molecule has 138 valence electrons. The van der Waals surface area contributed by atoms with Crippen LogP contribution in [0.15, 0.2) is 59.5 Å². The number of carbonyl (C=O) groups excluding carboxylic acids is 1. The Hall–Kier alpha value is -1.94. The van der Waals surface area contributed by atoms with Gasteiger partial charge in [0.1, 0.15) is 11.4 Å². The molecule has 2 atom stereocenters. The zero-order chi connectivity index (χ0) is 18.6. The van der Waals surface area contributed by atoms with Gasteiger partial charge in [-0.05, 0) is 38.0 Å². The first kappa shape index (κ1) is 18.8. The lowest BCUT2D eigenvalue weighted by molar-refractivity contribution is -0.121. The van der Waals surface area contributed by atoms with E-state index in [2.05, 4.69) is 25.2 Å². The van der Waals surface area contributed by atoms with Crippen molar-refractivity contribution in [2.75, 3.05) is 0 Å². The SMILES string of the molecule is CCC1(CC)CC(NC(=O)C(C)Sc2ccccc2)c2ccccc2O1. The van der Waals surface area contributed by atoms with E-state index in [4.69, 9.17) is 4.74 Å². The summed E-state index contributed by atoms with van der Waals surface area (Å²) in [4.78, 5) is 14.0. The highest BCUT2D eigenvalue weighted by molar-refractivity contribution is 8.00. The van der Waals surface area contributed by atoms with Crippen molar-refractivity contribution in [2.24, 2.45) is 0 Å². The maximum atomic E-state index is 12.8. The average Bonchev–Trinajstić information content (AvgIpc) is 2.68. The van der Waals surface area contributed by atoms with E-state index in [9.17, 15) is 4.79 Å². The fourth-order valence-corrected chi connectivity index (χ4v) is 4.37. The van der Waals surface area contributed by atoms with Gasteiger partial charge in [0.25, 0.3) is 0 Å². The number of carbonyl (C=O) groups is 1. The van der Waals surface area contributed by atoms with Crippen LogP contribution in [0.2, 0.25) is 0 Å². The van der Waals surface area contributed by atoms with E-state index < -0.39 is 0 Å². The molecule has 0 bridgehead atoms. The van der Waals surface area contributed by atoms with E-state index in [1.54, 1.807) is 11.8 Å². The van der Waals surface area contributed by atoms with Crippen LogP contribution in [0.25, 0.3) is 0 Å². The van der Waals surface area contributed by atoms with E-state index in [1.807, 2.05) is 55.5 Å². The van der Waals surface area contributed by atoms with Crippen molar-refractivity contribution in [3.63, 3.8) is 0 Å². The van der Waals surface area contributed by atoms with Gasteiger partial charge in [-0.2, -0.15) is 0 Å². The van der Waals surface area contributed by atoms with Crippen LogP contribution in [-0.4, -0.2) is 16.8 Å². The highest BCUT2D eigenvalue weighted by Gasteiger charge is 2.39. The van der Waals surface area contributed by atoms with Crippen LogP contribution >= 0.6 is 11.8 Å². The Labute approximate surface area is 160 Å². The Bertz CT molecular complexity index is 743. The van der Waals surface area contributed by atoms with Crippen molar-refractivity contribution in [3.05, 3.63) is 60.2 Å². The Morgan fingerprint density at radius 3 is 2.50 bits per heavy atom. The minimum atomic E-state index is -0.206. The number of ether oxygens (including phenoxy) is 1. The molecule has 1 N–H and O–H groups in total. The summed E-state index contributed by atoms with van der Waals surface area (Å²) in [7, 11) is 0. The molecule has 2 aromatic rings. The third kappa shape index (κ3) is 4.07. The zero-order valence-electron chi connectivity index (χ0n) is 15.7. The molecule has 0 radical (unpaired) electrons. The fraction of sp³-hybridized carbons (Fsp3) is 0.409. The Balaban J connectivity index is 1.76. The number of hydrogen-bond acceptors (Lipinski definition) is 3. The molecule has 4 heteroatoms. The molecule has 1 aliphatic heterocycles. The van der Waals surface area contributed by atoms with E-state index in [0.717, 1.165) is 35.5 Å². The topological polar surface area (TPSA) is 38.3 Å². The van der Waals surface area contributed by atoms with Crippen LogP contribution in [0.1, 0.15) is 51.6 Å². The fourth-order valence-electron chi connectivity index (χ4n) is 3.48. The van der Waals surface area contributed by atoms with Gasteiger partial charge in [-0.1, -0.05) is 50.2 Å². The van der Waals surface area contributed by atoms with Crippen molar-refractivity contribution in [1.29, 1.82) is 0 Å². The molecule has 2 unspecified atom stereocenters. The molecule has 1 amide bonds. The summed E-state index contributed by atoms with van der Waals surface area (Å²) in [6.45, 7) is 6.28. The van der Waals surface area contributed by atoms with Crippen LogP contribution in [0.4, 0.5) is 0 Å². The zero-order valence-corrected chi connectivity index (χ0v) is 16.5. The number of thioether (sulfide) groups is 1. The molecular formula is C22H27NO2S. The quantitative estimate of drug-likeness (QED) is 0.696. The first-order valence-corrected chi connectivity index (χ1v) is 10.2. The smallest absolute Gasteiger partial charge is 0.233 e. The van der Waals surface area contributed by atoms with Crippen molar-refractivity contribution < 1.29 is 9.53 Å². The van der Waals surface area contributed by atoms with Crippen molar-refractivity contribution in [1.82, 2.24) is 5.32 Å². The molecule has 0 saturated heterocycles. The number of fused-ring (bicyclic) bond motifs is 1. The van der Waals surface area contributed by atoms with E-state index in [0.29, 0.717) is 0 Å². The highest BCUT2D eigenvalue weighted by Crippen LogP contribution is 2.42. The van der Waals surface area contributed by atoms with Gasteiger partial charge in [-0.15, -0.1) is 11.8 Å². The predicted octanol–water partition coefficient (Wildman–Crippen LogP) is 5.37. The summed E-state index contributed by atoms with van der Waals surface area (Å²) in [6.07, 6.45) is 2.67. The lowest BCUT2D eigenvalue weighted by Gasteiger charge is -2.42. The van der Waals surface area contributed by atoms with E-state index >= 15 is 0 Å². The second-order valence-corrected chi connectivity index (χ2v) is 8.28. The first-order chi connectivity index (χ1) is 12.6. The second-order valence-electron chi connectivity index (χ2n) is 6.87. The third-order valence-electron chi connectivity index (χ3n) is 5.23. The summed E-state index contributed by atoms with van der Waals surface area (Å²) in [5, 5.41) is 3.13. The number of para-hydroxylation sites is 1. The summed E-state index contributed by atoms with van der Waals surface area (Å²) in [5.41, 5.74) is 0.873. The third-order valence-corrected chi connectivity index (χ3v) is 6.34.